The first-order chi connectivity index (χ1) is 20.6. The largest absolute Gasteiger partial charge is 0.445 e. The fourth-order valence-corrected chi connectivity index (χ4v) is 6.85. The van der Waals surface area contributed by atoms with Crippen LogP contribution in [-0.4, -0.2) is 80.3 Å². The number of sulfonamides is 1. The standard InChI is InChI=1S/C32H39ClN4O5S/c1-35(43(40,41)30-13-6-3-7-14-30)22-27(26-11-8-12-28(33)21-26)15-18-36-19-16-29(17-20-36)37(23-31(34)38)32(39)42-24-25-9-4-2-5-10-25/h2-14,21,27,29H,15-20,22-24H2,1H3,(H2,34,38). The highest BCUT2D eigenvalue weighted by molar-refractivity contribution is 7.89. The molecule has 0 spiro atoms. The lowest BCUT2D eigenvalue weighted by molar-refractivity contribution is -0.119. The van der Waals surface area contributed by atoms with Gasteiger partial charge in [0.25, 0.3) is 0 Å². The predicted molar refractivity (Wildman–Crippen MR) is 167 cm³/mol. The lowest BCUT2D eigenvalue weighted by Gasteiger charge is -2.38. The number of halogens is 1. The molecule has 1 aliphatic heterocycles. The summed E-state index contributed by atoms with van der Waals surface area (Å²) in [6, 6.07) is 25.2. The van der Waals surface area contributed by atoms with Crippen LogP contribution in [0.2, 0.25) is 5.02 Å². The van der Waals surface area contributed by atoms with Crippen LogP contribution < -0.4 is 5.73 Å². The van der Waals surface area contributed by atoms with Gasteiger partial charge in [-0.2, -0.15) is 0 Å². The van der Waals surface area contributed by atoms with Crippen molar-refractivity contribution >= 4 is 33.6 Å². The van der Waals surface area contributed by atoms with Gasteiger partial charge in [-0.3, -0.25) is 9.69 Å². The first kappa shape index (κ1) is 32.5. The summed E-state index contributed by atoms with van der Waals surface area (Å²) < 4.78 is 33.4. The molecule has 2 amide bonds. The number of rotatable bonds is 13. The number of likely N-dealkylation sites (N-methyl/N-ethyl adjacent to an activating group) is 1. The van der Waals surface area contributed by atoms with Crippen LogP contribution in [0, 0.1) is 0 Å². The number of likely N-dealkylation sites (tertiary alicyclic amines) is 1. The molecule has 230 valence electrons. The van der Waals surface area contributed by atoms with Crippen molar-refractivity contribution in [1.29, 1.82) is 0 Å². The van der Waals surface area contributed by atoms with Gasteiger partial charge in [0.1, 0.15) is 13.2 Å². The van der Waals surface area contributed by atoms with Gasteiger partial charge in [0.15, 0.2) is 0 Å². The fraction of sp³-hybridized carbons (Fsp3) is 0.375. The van der Waals surface area contributed by atoms with Crippen molar-refractivity contribution in [3.63, 3.8) is 0 Å². The van der Waals surface area contributed by atoms with Gasteiger partial charge >= 0.3 is 6.09 Å². The Hall–Kier alpha value is -3.44. The first-order valence-electron chi connectivity index (χ1n) is 14.4. The third kappa shape index (κ3) is 9.27. The summed E-state index contributed by atoms with van der Waals surface area (Å²) in [5, 5.41) is 0.602. The summed E-state index contributed by atoms with van der Waals surface area (Å²) in [5.41, 5.74) is 7.31. The number of nitrogens with zero attached hydrogens (tertiary/aromatic N) is 3. The predicted octanol–water partition coefficient (Wildman–Crippen LogP) is 4.72. The van der Waals surface area contributed by atoms with Crippen LogP contribution in [0.4, 0.5) is 4.79 Å². The molecule has 43 heavy (non-hydrogen) atoms. The van der Waals surface area contributed by atoms with Crippen molar-refractivity contribution in [3.8, 4) is 0 Å². The minimum absolute atomic E-state index is 0.0840. The maximum absolute atomic E-state index is 13.2. The number of piperidine rings is 1. The number of hydrogen-bond acceptors (Lipinski definition) is 6. The zero-order valence-corrected chi connectivity index (χ0v) is 25.9. The van der Waals surface area contributed by atoms with E-state index in [1.165, 1.54) is 9.21 Å². The Kier molecular flexibility index (Phi) is 11.6. The number of ether oxygens (including phenoxy) is 1. The number of nitrogens with two attached hydrogens (primary N) is 1. The molecule has 1 fully saturated rings. The minimum atomic E-state index is -3.65. The van der Waals surface area contributed by atoms with Crippen LogP contribution in [0.5, 0.6) is 0 Å². The van der Waals surface area contributed by atoms with E-state index in [9.17, 15) is 18.0 Å². The number of carbonyl (C=O) groups is 2. The average molecular weight is 627 g/mol. The van der Waals surface area contributed by atoms with Crippen molar-refractivity contribution in [1.82, 2.24) is 14.1 Å². The third-order valence-electron chi connectivity index (χ3n) is 7.81. The lowest BCUT2D eigenvalue weighted by atomic mass is 9.94. The number of hydrogen-bond donors (Lipinski definition) is 1. The highest BCUT2D eigenvalue weighted by atomic mass is 35.5. The second-order valence-electron chi connectivity index (χ2n) is 10.8. The van der Waals surface area contributed by atoms with Gasteiger partial charge in [-0.05, 0) is 67.1 Å². The molecule has 9 nitrogen and oxygen atoms in total. The molecule has 0 aromatic heterocycles. The van der Waals surface area contributed by atoms with Crippen LogP contribution in [0.3, 0.4) is 0 Å². The van der Waals surface area contributed by atoms with E-state index in [1.807, 2.05) is 48.5 Å². The van der Waals surface area contributed by atoms with E-state index < -0.39 is 22.0 Å². The van der Waals surface area contributed by atoms with Crippen molar-refractivity contribution in [2.45, 2.75) is 42.7 Å². The monoisotopic (exact) mass is 626 g/mol. The number of carbonyl (C=O) groups excluding carboxylic acids is 2. The van der Waals surface area contributed by atoms with E-state index in [0.717, 1.165) is 17.7 Å². The fourth-order valence-electron chi connectivity index (χ4n) is 5.41. The van der Waals surface area contributed by atoms with Gasteiger partial charge in [0.05, 0.1) is 4.90 Å². The molecule has 1 atom stereocenters. The van der Waals surface area contributed by atoms with Gasteiger partial charge in [0, 0.05) is 37.7 Å². The summed E-state index contributed by atoms with van der Waals surface area (Å²) in [7, 11) is -2.05. The second kappa shape index (κ2) is 15.3. The molecule has 3 aromatic rings. The van der Waals surface area contributed by atoms with Gasteiger partial charge in [-0.25, -0.2) is 17.5 Å². The first-order valence-corrected chi connectivity index (χ1v) is 16.2. The van der Waals surface area contributed by atoms with Gasteiger partial charge in [0.2, 0.25) is 15.9 Å². The van der Waals surface area contributed by atoms with Crippen molar-refractivity contribution in [2.24, 2.45) is 5.73 Å². The van der Waals surface area contributed by atoms with Gasteiger partial charge < -0.3 is 15.4 Å². The molecule has 0 bridgehead atoms. The van der Waals surface area contributed by atoms with E-state index in [0.29, 0.717) is 43.9 Å². The van der Waals surface area contributed by atoms with Crippen LogP contribution >= 0.6 is 11.6 Å². The van der Waals surface area contributed by atoms with E-state index in [2.05, 4.69) is 4.90 Å². The van der Waals surface area contributed by atoms with Crippen molar-refractivity contribution < 1.29 is 22.7 Å². The van der Waals surface area contributed by atoms with Crippen molar-refractivity contribution in [2.75, 3.05) is 39.8 Å². The second-order valence-corrected chi connectivity index (χ2v) is 13.3. The maximum atomic E-state index is 13.2. The van der Waals surface area contributed by atoms with E-state index in [1.54, 1.807) is 43.4 Å². The molecule has 0 saturated carbocycles. The Morgan fingerprint density at radius 2 is 1.65 bits per heavy atom. The maximum Gasteiger partial charge on any atom is 0.410 e. The topological polar surface area (TPSA) is 113 Å². The molecule has 0 aliphatic carbocycles. The Bertz CT molecular complexity index is 1450. The average Bonchev–Trinajstić information content (AvgIpc) is 3.01. The number of primary amides is 1. The Morgan fingerprint density at radius 3 is 2.28 bits per heavy atom. The van der Waals surface area contributed by atoms with Crippen LogP contribution in [0.15, 0.2) is 89.8 Å². The zero-order chi connectivity index (χ0) is 30.8. The highest BCUT2D eigenvalue weighted by Gasteiger charge is 2.31. The molecule has 1 unspecified atom stereocenters. The van der Waals surface area contributed by atoms with Crippen LogP contribution in [-0.2, 0) is 26.2 Å². The molecule has 0 radical (unpaired) electrons. The summed E-state index contributed by atoms with van der Waals surface area (Å²) >= 11 is 6.31. The highest BCUT2D eigenvalue weighted by Crippen LogP contribution is 2.27. The SMILES string of the molecule is CN(CC(CCN1CCC(N(CC(N)=O)C(=O)OCc2ccccc2)CC1)c1cccc(Cl)c1)S(=O)(=O)c1ccccc1. The normalized spacial score (nSPS) is 15.2. The third-order valence-corrected chi connectivity index (χ3v) is 9.88. The lowest BCUT2D eigenvalue weighted by Crippen LogP contribution is -2.50. The Morgan fingerprint density at radius 1 is 1.00 bits per heavy atom. The van der Waals surface area contributed by atoms with Crippen molar-refractivity contribution in [3.05, 3.63) is 101 Å². The van der Waals surface area contributed by atoms with Gasteiger partial charge in [-0.1, -0.05) is 72.3 Å². The quantitative estimate of drug-likeness (QED) is 0.294. The Balaban J connectivity index is 1.37. The van der Waals surface area contributed by atoms with E-state index in [-0.39, 0.29) is 30.0 Å². The molecular weight excluding hydrogens is 588 g/mol. The zero-order valence-electron chi connectivity index (χ0n) is 24.3. The molecule has 2 N–H and O–H groups in total. The Labute approximate surface area is 259 Å². The molecule has 11 heteroatoms. The molecular formula is C32H39ClN4O5S. The molecule has 1 saturated heterocycles. The van der Waals surface area contributed by atoms with Crippen LogP contribution in [0.1, 0.15) is 36.3 Å². The summed E-state index contributed by atoms with van der Waals surface area (Å²) in [6.45, 7) is 2.38. The van der Waals surface area contributed by atoms with Gasteiger partial charge in [-0.15, -0.1) is 0 Å². The molecule has 1 heterocycles. The van der Waals surface area contributed by atoms with E-state index in [4.69, 9.17) is 22.1 Å². The molecule has 1 aliphatic rings. The smallest absolute Gasteiger partial charge is 0.410 e. The number of benzene rings is 3. The van der Waals surface area contributed by atoms with Crippen LogP contribution in [0.25, 0.3) is 0 Å². The summed E-state index contributed by atoms with van der Waals surface area (Å²) in [6.07, 6.45) is 1.49. The summed E-state index contributed by atoms with van der Waals surface area (Å²) in [4.78, 5) is 28.7. The molecule has 4 rings (SSSR count). The molecule has 3 aromatic carbocycles. The minimum Gasteiger partial charge on any atom is -0.445 e. The van der Waals surface area contributed by atoms with E-state index >= 15 is 0 Å². The summed E-state index contributed by atoms with van der Waals surface area (Å²) in [5.74, 6) is -0.669. The number of amides is 2.